The fraction of sp³-hybridized carbons (Fsp3) is 0.368. The molecule has 3 N–H and O–H groups in total. The number of sulfonamides is 1. The number of oxime groups is 2. The number of ether oxygens (including phenoxy) is 4. The average Bonchev–Trinajstić information content (AvgIpc) is 1.52. The van der Waals surface area contributed by atoms with E-state index in [2.05, 4.69) is 53.4 Å². The van der Waals surface area contributed by atoms with Crippen molar-refractivity contribution >= 4 is 72.3 Å². The first-order valence-corrected chi connectivity index (χ1v) is 35.7. The van der Waals surface area contributed by atoms with E-state index >= 15 is 0 Å². The van der Waals surface area contributed by atoms with Crippen LogP contribution in [0.3, 0.4) is 0 Å². The Kier molecular flexibility index (Phi) is 23.6. The summed E-state index contributed by atoms with van der Waals surface area (Å²) >= 11 is 0.903. The van der Waals surface area contributed by atoms with Crippen molar-refractivity contribution in [2.75, 3.05) is 39.8 Å². The molecule has 532 valence electrons. The molecule has 4 aromatic heterocycles. The minimum Gasteiger partial charge on any atom is -0.478 e. The molecule has 0 spiro atoms. The largest absolute Gasteiger partial charge is 0.478 e. The van der Waals surface area contributed by atoms with Gasteiger partial charge in [0, 0.05) is 65.5 Å². The maximum absolute atomic E-state index is 13.5. The molecule has 0 fully saturated rings. The van der Waals surface area contributed by atoms with Gasteiger partial charge >= 0.3 is 35.6 Å². The number of sulfone groups is 1. The summed E-state index contributed by atoms with van der Waals surface area (Å²) in [5.74, 6) is -2.36. The van der Waals surface area contributed by atoms with Crippen molar-refractivity contribution in [3.05, 3.63) is 188 Å². The van der Waals surface area contributed by atoms with Gasteiger partial charge in [-0.05, 0) is 95.7 Å². The molecule has 0 bridgehead atoms. The highest BCUT2D eigenvalue weighted by Gasteiger charge is 2.45. The number of nitrogens with zero attached hydrogens (tertiary/aromatic N) is 8. The van der Waals surface area contributed by atoms with Crippen LogP contribution in [-0.2, 0) is 94.2 Å². The number of carboxylic acid groups (broad SMARTS) is 1. The summed E-state index contributed by atoms with van der Waals surface area (Å²) in [6.07, 6.45) is 4.84. The van der Waals surface area contributed by atoms with Crippen molar-refractivity contribution in [2.45, 2.75) is 116 Å². The zero-order valence-corrected chi connectivity index (χ0v) is 59.9. The maximum atomic E-state index is 13.5. The number of ketones is 1. The number of H-pyrrole nitrogens is 1. The van der Waals surface area contributed by atoms with Crippen molar-refractivity contribution in [3.8, 4) is 23.0 Å². The molecular weight excluding hydrogens is 1360 g/mol. The number of esters is 2. The van der Waals surface area contributed by atoms with Gasteiger partial charge in [0.15, 0.2) is 26.9 Å². The number of aromatic nitrogens is 7. The highest BCUT2D eigenvalue weighted by atomic mass is 32.2. The zero-order valence-electron chi connectivity index (χ0n) is 57.4. The third-order valence-corrected chi connectivity index (χ3v) is 19.8. The number of nitrogens with one attached hydrogen (secondary N) is 2. The van der Waals surface area contributed by atoms with Gasteiger partial charge in [-0.3, -0.25) is 23.9 Å². The molecule has 0 radical (unpaired) electrons. The van der Waals surface area contributed by atoms with E-state index in [1.54, 1.807) is 27.9 Å². The van der Waals surface area contributed by atoms with Crippen LogP contribution in [0, 0.1) is 26.2 Å². The Balaban J connectivity index is 0.000000170. The van der Waals surface area contributed by atoms with Crippen LogP contribution < -0.4 is 31.0 Å². The van der Waals surface area contributed by atoms with Gasteiger partial charge in [0.2, 0.25) is 5.88 Å². The molecule has 8 aromatic rings. The number of carbonyl (C=O) groups excluding carboxylic acids is 4. The summed E-state index contributed by atoms with van der Waals surface area (Å²) in [6.45, 7) is 19.0. The lowest BCUT2D eigenvalue weighted by molar-refractivity contribution is -0.143. The lowest BCUT2D eigenvalue weighted by Gasteiger charge is -2.27. The summed E-state index contributed by atoms with van der Waals surface area (Å²) in [5, 5.41) is 24.3. The van der Waals surface area contributed by atoms with E-state index in [-0.39, 0.29) is 43.1 Å². The molecule has 100 heavy (non-hydrogen) atoms. The predicted octanol–water partition coefficient (Wildman–Crippen LogP) is 7.39. The van der Waals surface area contributed by atoms with Crippen LogP contribution in [0.2, 0.25) is 0 Å². The molecule has 1 amide bonds. The van der Waals surface area contributed by atoms with Crippen LogP contribution in [0.15, 0.2) is 131 Å². The second-order valence-electron chi connectivity index (χ2n) is 24.1. The number of carboxylic acids is 1. The van der Waals surface area contributed by atoms with Crippen LogP contribution in [-0.4, -0.2) is 136 Å². The van der Waals surface area contributed by atoms with Crippen LogP contribution in [0.25, 0.3) is 11.1 Å². The minimum absolute atomic E-state index is 0.00623. The Hall–Kier alpha value is -10.3. The molecule has 3 aliphatic heterocycles. The number of carbonyl (C=O) groups is 5. The molecule has 29 nitrogen and oxygen atoms in total. The van der Waals surface area contributed by atoms with E-state index < -0.39 is 76.3 Å². The van der Waals surface area contributed by atoms with Gasteiger partial charge in [-0.25, -0.2) is 54.7 Å². The Morgan fingerprint density at radius 1 is 0.780 bits per heavy atom. The number of methoxy groups -OCH3 is 1. The standard InChI is InChI=1S/C23H32N2O4.C18H17NO3.C16H17N3O5S.C11H12N4O7S2/c1-7-16-13-15(3)14-17(8-2)18(16)19-20(26)24-9-11-28-12-10-25(24)21(19)29-22(27)23(4,5)6;1-2-21-17(20)16-13-18(22-19-16,14-9-5-3-6-10-14)15-11-7-4-8-12-15;1-9-10(15(20)11-8-17-19(2)16(11)21)4-5-13(25(3,22)23)14(9)12-6-7-24-18-12;1-5-7(6(4-23-5)8(16)17)24(20,21)13-9(18)15-11(19)14(2)10(12-15)22-3/h13-14H,7-12H2,1-6H3;3-12H,2,13H2,1H3;4-5,8,17H,6-7H2,1-3H3;4H,1-3H3,(H,13,18)(H,16,17). The van der Waals surface area contributed by atoms with Gasteiger partial charge in [-0.15, -0.1) is 21.1 Å². The van der Waals surface area contributed by atoms with Gasteiger partial charge in [-0.2, -0.15) is 0 Å². The molecule has 0 atom stereocenters. The van der Waals surface area contributed by atoms with E-state index in [9.17, 15) is 55.2 Å². The first-order valence-electron chi connectivity index (χ1n) is 31.5. The van der Waals surface area contributed by atoms with Crippen molar-refractivity contribution in [2.24, 2.45) is 29.8 Å². The van der Waals surface area contributed by atoms with Gasteiger partial charge in [0.05, 0.1) is 68.0 Å². The first-order chi connectivity index (χ1) is 47.3. The van der Waals surface area contributed by atoms with Crippen LogP contribution in [0.4, 0.5) is 4.79 Å². The first kappa shape index (κ1) is 75.5. The van der Waals surface area contributed by atoms with Gasteiger partial charge in [0.1, 0.15) is 22.6 Å². The Morgan fingerprint density at radius 2 is 1.39 bits per heavy atom. The quantitative estimate of drug-likeness (QED) is 0.0627. The van der Waals surface area contributed by atoms with Crippen LogP contribution in [0.1, 0.15) is 124 Å². The summed E-state index contributed by atoms with van der Waals surface area (Å²) in [6, 6.07) is 25.1. The number of aromatic amines is 1. The van der Waals surface area contributed by atoms with E-state index in [4.69, 9.17) is 33.7 Å². The fourth-order valence-corrected chi connectivity index (χ4v) is 14.6. The third kappa shape index (κ3) is 16.0. The van der Waals surface area contributed by atoms with Gasteiger partial charge in [0.25, 0.3) is 21.1 Å². The second-order valence-corrected chi connectivity index (χ2v) is 28.8. The molecule has 0 aliphatic carbocycles. The Morgan fingerprint density at radius 3 is 1.90 bits per heavy atom. The number of hydrogen-bond donors (Lipinski definition) is 3. The lowest BCUT2D eigenvalue weighted by atomic mass is 9.82. The summed E-state index contributed by atoms with van der Waals surface area (Å²) in [4.78, 5) is 109. The topological polar surface area (TPSA) is 371 Å². The van der Waals surface area contributed by atoms with Crippen molar-refractivity contribution in [3.63, 3.8) is 0 Å². The summed E-state index contributed by atoms with van der Waals surface area (Å²) in [7, 11) is -4.04. The SMILES string of the molecule is CCOC(=O)C1=NOC(c2ccccc2)(c2ccccc2)C1.CCc1cc(C)cc(CC)c1-c1c(OC(=O)C(C)(C)C)n2n(c1=O)CCOCC2.COc1nn(C(=O)NS(=O)(=O)c2c(C(=O)O)csc2C)c(=O)n1C.Cc1c(C(=O)c2c[nH]n(C)c2=O)ccc(S(C)(=O)=O)c1C1=NOCC1. The van der Waals surface area contributed by atoms with Crippen molar-refractivity contribution < 1.29 is 74.5 Å². The maximum Gasteiger partial charge on any atom is 0.360 e. The minimum atomic E-state index is -4.52. The van der Waals surface area contributed by atoms with Gasteiger partial charge < -0.3 is 38.8 Å². The number of benzene rings is 4. The van der Waals surface area contributed by atoms with E-state index in [0.29, 0.717) is 86.4 Å². The molecule has 0 saturated carbocycles. The molecule has 0 saturated heterocycles. The monoisotopic (exact) mass is 1430 g/mol. The van der Waals surface area contributed by atoms with Gasteiger partial charge in [-0.1, -0.05) is 103 Å². The second kappa shape index (κ2) is 31.3. The van der Waals surface area contributed by atoms with Crippen molar-refractivity contribution in [1.29, 1.82) is 0 Å². The number of thiophene rings is 1. The molecule has 32 heteroatoms. The molecular formula is C68H78N10O19S3. The fourth-order valence-electron chi connectivity index (χ4n) is 11.2. The molecule has 0 unspecified atom stereocenters. The summed E-state index contributed by atoms with van der Waals surface area (Å²) < 4.78 is 77.6. The Bertz CT molecular complexity index is 4870. The average molecular weight is 1440 g/mol. The highest BCUT2D eigenvalue weighted by molar-refractivity contribution is 7.91. The third-order valence-electron chi connectivity index (χ3n) is 16.2. The predicted molar refractivity (Wildman–Crippen MR) is 369 cm³/mol. The molecule has 4 aromatic carbocycles. The zero-order chi connectivity index (χ0) is 73.3. The highest BCUT2D eigenvalue weighted by Crippen LogP contribution is 2.42. The Labute approximate surface area is 579 Å². The van der Waals surface area contributed by atoms with E-state index in [1.807, 2.05) is 81.4 Å². The summed E-state index contributed by atoms with van der Waals surface area (Å²) in [5.41, 5.74) is 5.17. The number of fused-ring (bicyclic) bond motifs is 1. The number of rotatable bonds is 16. The number of aromatic carboxylic acids is 1. The normalized spacial score (nSPS) is 13.9. The molecule has 7 heterocycles. The smallest absolute Gasteiger partial charge is 0.360 e. The number of aryl methyl sites for hydroxylation is 5. The van der Waals surface area contributed by atoms with E-state index in [0.717, 1.165) is 68.2 Å². The van der Waals surface area contributed by atoms with Crippen LogP contribution in [0.5, 0.6) is 11.9 Å². The molecule has 11 rings (SSSR count). The lowest BCUT2D eigenvalue weighted by Crippen LogP contribution is -2.40. The molecule has 3 aliphatic rings. The van der Waals surface area contributed by atoms with Crippen molar-refractivity contribution in [1.82, 2.24) is 38.2 Å². The number of amides is 1. The van der Waals surface area contributed by atoms with E-state index in [1.165, 1.54) is 56.7 Å². The number of hydrogen-bond acceptors (Lipinski definition) is 22. The van der Waals surface area contributed by atoms with Crippen LogP contribution >= 0.6 is 11.3 Å².